The monoisotopic (exact) mass is 512 g/mol. The van der Waals surface area contributed by atoms with Crippen LogP contribution in [0.2, 0.25) is 0 Å². The molecule has 0 radical (unpaired) electrons. The molecule has 1 fully saturated rings. The van der Waals surface area contributed by atoms with E-state index in [2.05, 4.69) is 5.32 Å². The number of ether oxygens (including phenoxy) is 1. The second-order valence-electron chi connectivity index (χ2n) is 7.50. The van der Waals surface area contributed by atoms with Gasteiger partial charge in [0, 0.05) is 11.3 Å². The highest BCUT2D eigenvalue weighted by Gasteiger charge is 2.55. The van der Waals surface area contributed by atoms with Crippen molar-refractivity contribution in [2.45, 2.75) is 30.0 Å². The third-order valence-electron chi connectivity index (χ3n) is 4.99. The van der Waals surface area contributed by atoms with Gasteiger partial charge in [0.25, 0.3) is 16.0 Å². The fourth-order valence-electron chi connectivity index (χ4n) is 3.53. The van der Waals surface area contributed by atoms with E-state index >= 15 is 0 Å². The number of thioether (sulfide) groups is 1. The first-order chi connectivity index (χ1) is 15.9. The largest absolute Gasteiger partial charge is 0.477 e. The number of ketones is 1. The number of carbonyl (C=O) groups excluding carboxylic acids is 4. The molecule has 3 unspecified atom stereocenters. The molecule has 1 aromatic carbocycles. The van der Waals surface area contributed by atoms with Crippen LogP contribution in [0.3, 0.4) is 0 Å². The summed E-state index contributed by atoms with van der Waals surface area (Å²) in [7, 11) is -4.87. The predicted molar refractivity (Wildman–Crippen MR) is 117 cm³/mol. The molecule has 34 heavy (non-hydrogen) atoms. The molecular formula is C20H20N2O10S2. The van der Waals surface area contributed by atoms with E-state index in [4.69, 9.17) is 4.74 Å². The Labute approximate surface area is 198 Å². The van der Waals surface area contributed by atoms with Gasteiger partial charge in [-0.05, 0) is 12.5 Å². The van der Waals surface area contributed by atoms with Crippen LogP contribution in [0, 0.1) is 0 Å². The Morgan fingerprint density at radius 3 is 2.44 bits per heavy atom. The van der Waals surface area contributed by atoms with Gasteiger partial charge in [-0.15, -0.1) is 11.8 Å². The molecule has 0 bridgehead atoms. The van der Waals surface area contributed by atoms with E-state index in [-0.39, 0.29) is 16.9 Å². The first-order valence-electron chi connectivity index (χ1n) is 9.78. The lowest BCUT2D eigenvalue weighted by atomic mass is 10.0. The molecule has 2 heterocycles. The van der Waals surface area contributed by atoms with E-state index in [0.29, 0.717) is 0 Å². The molecule has 0 spiro atoms. The molecule has 0 aliphatic carbocycles. The molecule has 1 aromatic rings. The maximum absolute atomic E-state index is 12.7. The summed E-state index contributed by atoms with van der Waals surface area (Å²) < 4.78 is 38.2. The van der Waals surface area contributed by atoms with E-state index in [1.165, 1.54) is 31.2 Å². The number of β-lactam (4-membered cyclic amide) rings is 1. The Bertz CT molecular complexity index is 1180. The molecular weight excluding hydrogens is 492 g/mol. The summed E-state index contributed by atoms with van der Waals surface area (Å²) in [6, 6.07) is 5.95. The lowest BCUT2D eigenvalue weighted by Crippen LogP contribution is -2.71. The normalized spacial score (nSPS) is 20.6. The molecule has 3 N–H and O–H groups in total. The zero-order valence-electron chi connectivity index (χ0n) is 17.7. The first-order valence-corrected chi connectivity index (χ1v) is 12.3. The zero-order chi connectivity index (χ0) is 25.2. The second-order valence-corrected chi connectivity index (χ2v) is 10.1. The van der Waals surface area contributed by atoms with Gasteiger partial charge in [0.1, 0.15) is 35.9 Å². The number of amides is 2. The van der Waals surface area contributed by atoms with E-state index in [0.717, 1.165) is 16.7 Å². The highest BCUT2D eigenvalue weighted by atomic mass is 32.2. The van der Waals surface area contributed by atoms with Crippen LogP contribution < -0.4 is 5.32 Å². The highest BCUT2D eigenvalue weighted by Crippen LogP contribution is 2.40. The number of aliphatic carboxylic acids is 1. The Balaban J connectivity index is 1.77. The number of nitrogens with zero attached hydrogens (tertiary/aromatic N) is 1. The predicted octanol–water partition coefficient (Wildman–Crippen LogP) is -0.124. The number of fused-ring (bicyclic) bond motifs is 1. The van der Waals surface area contributed by atoms with Gasteiger partial charge in [0.2, 0.25) is 5.91 Å². The van der Waals surface area contributed by atoms with Crippen LogP contribution in [0.1, 0.15) is 24.2 Å². The van der Waals surface area contributed by atoms with Crippen LogP contribution >= 0.6 is 11.8 Å². The van der Waals surface area contributed by atoms with Crippen molar-refractivity contribution in [2.24, 2.45) is 0 Å². The summed E-state index contributed by atoms with van der Waals surface area (Å²) in [4.78, 5) is 60.8. The third kappa shape index (κ3) is 5.29. The third-order valence-corrected chi connectivity index (χ3v) is 7.41. The average Bonchev–Trinajstić information content (AvgIpc) is 2.74. The number of hydrogen-bond donors (Lipinski definition) is 3. The van der Waals surface area contributed by atoms with Gasteiger partial charge in [-0.2, -0.15) is 8.42 Å². The fourth-order valence-corrected chi connectivity index (χ4v) is 5.70. The van der Waals surface area contributed by atoms with Crippen molar-refractivity contribution < 1.29 is 46.8 Å². The molecule has 0 aromatic heterocycles. The average molecular weight is 513 g/mol. The van der Waals surface area contributed by atoms with Gasteiger partial charge in [-0.25, -0.2) is 4.79 Å². The molecule has 14 heteroatoms. The van der Waals surface area contributed by atoms with Crippen molar-refractivity contribution in [1.29, 1.82) is 0 Å². The number of benzene rings is 1. The lowest BCUT2D eigenvalue weighted by Gasteiger charge is -2.49. The lowest BCUT2D eigenvalue weighted by molar-refractivity contribution is -0.151. The minimum Gasteiger partial charge on any atom is -0.477 e. The van der Waals surface area contributed by atoms with Gasteiger partial charge in [-0.1, -0.05) is 30.3 Å². The van der Waals surface area contributed by atoms with Crippen molar-refractivity contribution >= 4 is 51.4 Å². The van der Waals surface area contributed by atoms with Gasteiger partial charge in [0.15, 0.2) is 5.25 Å². The summed E-state index contributed by atoms with van der Waals surface area (Å²) in [6.07, 6.45) is -0.474. The summed E-state index contributed by atoms with van der Waals surface area (Å²) in [5.74, 6) is -4.63. The van der Waals surface area contributed by atoms with Crippen LogP contribution in [0.25, 0.3) is 0 Å². The molecule has 182 valence electrons. The van der Waals surface area contributed by atoms with E-state index in [1.54, 1.807) is 6.07 Å². The highest BCUT2D eigenvalue weighted by molar-refractivity contribution is 8.00. The van der Waals surface area contributed by atoms with Crippen LogP contribution in [0.4, 0.5) is 0 Å². The van der Waals surface area contributed by atoms with E-state index < -0.39 is 75.0 Å². The minimum atomic E-state index is -4.87. The topological polar surface area (TPSA) is 184 Å². The summed E-state index contributed by atoms with van der Waals surface area (Å²) in [6.45, 7) is 0.759. The van der Waals surface area contributed by atoms with Gasteiger partial charge in [-0.3, -0.25) is 28.6 Å². The van der Waals surface area contributed by atoms with Gasteiger partial charge >= 0.3 is 11.9 Å². The Morgan fingerprint density at radius 1 is 1.24 bits per heavy atom. The molecule has 0 saturated carbocycles. The van der Waals surface area contributed by atoms with Crippen molar-refractivity contribution in [3.8, 4) is 0 Å². The number of rotatable bonds is 9. The quantitative estimate of drug-likeness (QED) is 0.173. The first kappa shape index (κ1) is 25.4. The SMILES string of the molecule is CC(=O)CC(=O)OCC1=C(C(=O)O)N2C(=O)C(NC(=O)C(c3ccccc3)S(=O)(=O)O)C2SC1. The number of carbonyl (C=O) groups is 5. The number of hydrogen-bond acceptors (Lipinski definition) is 9. The van der Waals surface area contributed by atoms with Crippen LogP contribution in [-0.4, -0.2) is 76.3 Å². The Kier molecular flexibility index (Phi) is 7.43. The molecule has 3 rings (SSSR count). The minimum absolute atomic E-state index is 0.0109. The van der Waals surface area contributed by atoms with Gasteiger partial charge < -0.3 is 15.2 Å². The molecule has 12 nitrogen and oxygen atoms in total. The Hall–Kier alpha value is -3.23. The molecule has 1 saturated heterocycles. The number of nitrogens with one attached hydrogen (secondary N) is 1. The van der Waals surface area contributed by atoms with Crippen molar-refractivity contribution in [2.75, 3.05) is 12.4 Å². The molecule has 2 aliphatic heterocycles. The molecule has 3 atom stereocenters. The van der Waals surface area contributed by atoms with Crippen molar-refractivity contribution in [1.82, 2.24) is 10.2 Å². The van der Waals surface area contributed by atoms with E-state index in [9.17, 15) is 42.0 Å². The molecule has 2 aliphatic rings. The van der Waals surface area contributed by atoms with Crippen molar-refractivity contribution in [3.63, 3.8) is 0 Å². The standard InChI is InChI=1S/C20H20N2O10S2/c1-10(23)7-13(24)32-8-12-9-33-19-14(18(26)22(19)15(12)20(27)28)21-17(25)16(34(29,30)31)11-5-3-2-4-6-11/h2-6,14,16,19H,7-9H2,1H3,(H,21,25)(H,27,28)(H,29,30,31). The number of esters is 1. The fraction of sp³-hybridized carbons (Fsp3) is 0.350. The van der Waals surface area contributed by atoms with Crippen molar-refractivity contribution in [3.05, 3.63) is 47.2 Å². The smallest absolute Gasteiger partial charge is 0.352 e. The summed E-state index contributed by atoms with van der Waals surface area (Å²) >= 11 is 1.08. The maximum atomic E-state index is 12.7. The Morgan fingerprint density at radius 2 is 1.88 bits per heavy atom. The van der Waals surface area contributed by atoms with Crippen LogP contribution in [0.15, 0.2) is 41.6 Å². The van der Waals surface area contributed by atoms with E-state index in [1.807, 2.05) is 0 Å². The zero-order valence-corrected chi connectivity index (χ0v) is 19.3. The number of carboxylic acid groups (broad SMARTS) is 1. The maximum Gasteiger partial charge on any atom is 0.352 e. The second kappa shape index (κ2) is 9.95. The number of Topliss-reactive ketones (excluding diaryl/α,β-unsaturated/α-hetero) is 1. The number of carboxylic acids is 1. The van der Waals surface area contributed by atoms with Crippen LogP contribution in [-0.2, 0) is 38.8 Å². The summed E-state index contributed by atoms with van der Waals surface area (Å²) in [5, 5.41) is 9.08. The van der Waals surface area contributed by atoms with Gasteiger partial charge in [0.05, 0.1) is 0 Å². The molecule has 2 amide bonds. The van der Waals surface area contributed by atoms with Crippen LogP contribution in [0.5, 0.6) is 0 Å². The summed E-state index contributed by atoms with van der Waals surface area (Å²) in [5.41, 5.74) is -0.295.